The van der Waals surface area contributed by atoms with E-state index >= 15 is 0 Å². The van der Waals surface area contributed by atoms with E-state index in [0.29, 0.717) is 21.3 Å². The first-order valence-electron chi connectivity index (χ1n) is 7.61. The van der Waals surface area contributed by atoms with Crippen LogP contribution in [0, 0.1) is 11.3 Å². The second-order valence-electron chi connectivity index (χ2n) is 5.59. The predicted molar refractivity (Wildman–Crippen MR) is 99.7 cm³/mol. The highest BCUT2D eigenvalue weighted by atomic mass is 32.1. The summed E-state index contributed by atoms with van der Waals surface area (Å²) in [7, 11) is 0. The molecule has 0 spiro atoms. The van der Waals surface area contributed by atoms with Gasteiger partial charge in [0, 0.05) is 10.9 Å². The number of aromatic amines is 1. The molecule has 0 aliphatic rings. The lowest BCUT2D eigenvalue weighted by molar-refractivity contribution is 0.483. The van der Waals surface area contributed by atoms with E-state index in [1.54, 1.807) is 24.3 Å². The second kappa shape index (κ2) is 5.93. The number of nitriles is 1. The molecule has 120 valence electrons. The molecule has 0 saturated carbocycles. The Morgan fingerprint density at radius 1 is 1.00 bits per heavy atom. The molecule has 2 aromatic heterocycles. The Labute approximate surface area is 147 Å². The van der Waals surface area contributed by atoms with Crippen LogP contribution in [0.15, 0.2) is 64.8 Å². The zero-order chi connectivity index (χ0) is 17.4. The van der Waals surface area contributed by atoms with E-state index in [1.807, 2.05) is 41.8 Å². The number of aromatic hydroxyl groups is 1. The highest BCUT2D eigenvalue weighted by Crippen LogP contribution is 2.41. The van der Waals surface area contributed by atoms with Crippen LogP contribution in [-0.4, -0.2) is 10.1 Å². The van der Waals surface area contributed by atoms with E-state index in [-0.39, 0.29) is 16.9 Å². The standard InChI is InChI=1S/C20H12N2O2S/c21-10-12-6-8-14(9-7-12)16-18(23)17-15(13-4-2-1-3-5-13)11-25-20(17)22-19(16)24/h1-9,11H,(H2,22,23,24). The maximum absolute atomic E-state index is 12.5. The third-order valence-corrected chi connectivity index (χ3v) is 5.00. The van der Waals surface area contributed by atoms with Crippen LogP contribution in [0.1, 0.15) is 5.56 Å². The van der Waals surface area contributed by atoms with E-state index in [1.165, 1.54) is 11.3 Å². The molecule has 2 aromatic carbocycles. The summed E-state index contributed by atoms with van der Waals surface area (Å²) in [6.07, 6.45) is 0. The molecular formula is C20H12N2O2S. The monoisotopic (exact) mass is 344 g/mol. The molecule has 0 aliphatic heterocycles. The fraction of sp³-hybridized carbons (Fsp3) is 0. The molecule has 4 rings (SSSR count). The van der Waals surface area contributed by atoms with Crippen molar-refractivity contribution in [3.05, 3.63) is 75.9 Å². The smallest absolute Gasteiger partial charge is 0.260 e. The second-order valence-corrected chi connectivity index (χ2v) is 6.47. The van der Waals surface area contributed by atoms with Crippen molar-refractivity contribution in [3.63, 3.8) is 0 Å². The molecule has 5 heteroatoms. The highest BCUT2D eigenvalue weighted by molar-refractivity contribution is 7.17. The predicted octanol–water partition coefficient (Wildman–Crippen LogP) is 4.50. The highest BCUT2D eigenvalue weighted by Gasteiger charge is 2.18. The van der Waals surface area contributed by atoms with Crippen LogP contribution in [0.4, 0.5) is 0 Å². The van der Waals surface area contributed by atoms with Crippen molar-refractivity contribution in [1.29, 1.82) is 5.26 Å². The van der Waals surface area contributed by atoms with Crippen molar-refractivity contribution < 1.29 is 5.11 Å². The van der Waals surface area contributed by atoms with Crippen LogP contribution in [0.5, 0.6) is 5.75 Å². The van der Waals surface area contributed by atoms with E-state index in [2.05, 4.69) is 4.98 Å². The molecule has 0 atom stereocenters. The van der Waals surface area contributed by atoms with Crippen LogP contribution < -0.4 is 5.56 Å². The summed E-state index contributed by atoms with van der Waals surface area (Å²) in [5.41, 5.74) is 2.79. The number of hydrogen-bond donors (Lipinski definition) is 2. The van der Waals surface area contributed by atoms with Gasteiger partial charge in [-0.15, -0.1) is 11.3 Å². The van der Waals surface area contributed by atoms with Crippen LogP contribution >= 0.6 is 11.3 Å². The topological polar surface area (TPSA) is 76.9 Å². The average Bonchev–Trinajstić information content (AvgIpc) is 3.07. The molecule has 0 unspecified atom stereocenters. The first-order valence-corrected chi connectivity index (χ1v) is 8.49. The Balaban J connectivity index is 2.00. The van der Waals surface area contributed by atoms with Gasteiger partial charge in [0.2, 0.25) is 0 Å². The van der Waals surface area contributed by atoms with Crippen molar-refractivity contribution >= 4 is 21.6 Å². The molecular weight excluding hydrogens is 332 g/mol. The maximum atomic E-state index is 12.5. The Morgan fingerprint density at radius 2 is 1.72 bits per heavy atom. The number of H-pyrrole nitrogens is 1. The molecule has 0 fully saturated rings. The Hall–Kier alpha value is -3.36. The zero-order valence-corrected chi connectivity index (χ0v) is 13.8. The van der Waals surface area contributed by atoms with Crippen LogP contribution in [-0.2, 0) is 0 Å². The minimum absolute atomic E-state index is 0.0384. The van der Waals surface area contributed by atoms with E-state index in [9.17, 15) is 9.90 Å². The molecule has 0 saturated heterocycles. The zero-order valence-electron chi connectivity index (χ0n) is 13.0. The quantitative estimate of drug-likeness (QED) is 0.562. The van der Waals surface area contributed by atoms with Gasteiger partial charge >= 0.3 is 0 Å². The van der Waals surface area contributed by atoms with Gasteiger partial charge in [-0.3, -0.25) is 4.79 Å². The minimum Gasteiger partial charge on any atom is -0.506 e. The molecule has 4 nitrogen and oxygen atoms in total. The molecule has 2 N–H and O–H groups in total. The van der Waals surface area contributed by atoms with Crippen molar-refractivity contribution in [2.45, 2.75) is 0 Å². The Bertz CT molecular complexity index is 1170. The number of rotatable bonds is 2. The molecule has 4 aromatic rings. The third kappa shape index (κ3) is 2.49. The van der Waals surface area contributed by atoms with Gasteiger partial charge in [-0.2, -0.15) is 5.26 Å². The molecule has 2 heterocycles. The van der Waals surface area contributed by atoms with E-state index < -0.39 is 0 Å². The number of fused-ring (bicyclic) bond motifs is 1. The van der Waals surface area contributed by atoms with E-state index in [4.69, 9.17) is 5.26 Å². The number of nitrogens with zero attached hydrogens (tertiary/aromatic N) is 1. The van der Waals surface area contributed by atoms with Crippen molar-refractivity contribution in [1.82, 2.24) is 4.98 Å². The van der Waals surface area contributed by atoms with Gasteiger partial charge in [0.25, 0.3) is 5.56 Å². The molecule has 25 heavy (non-hydrogen) atoms. The lowest BCUT2D eigenvalue weighted by Crippen LogP contribution is -2.08. The summed E-state index contributed by atoms with van der Waals surface area (Å²) in [5.74, 6) is -0.0384. The van der Waals surface area contributed by atoms with Crippen molar-refractivity contribution in [2.75, 3.05) is 0 Å². The van der Waals surface area contributed by atoms with Crippen LogP contribution in [0.25, 0.3) is 32.5 Å². The van der Waals surface area contributed by atoms with Gasteiger partial charge in [-0.25, -0.2) is 0 Å². The summed E-state index contributed by atoms with van der Waals surface area (Å²) in [6.45, 7) is 0. The fourth-order valence-electron chi connectivity index (χ4n) is 2.89. The van der Waals surface area contributed by atoms with Crippen LogP contribution in [0.3, 0.4) is 0 Å². The third-order valence-electron chi connectivity index (χ3n) is 4.11. The Kier molecular flexibility index (Phi) is 3.60. The van der Waals surface area contributed by atoms with Gasteiger partial charge in [-0.05, 0) is 23.3 Å². The van der Waals surface area contributed by atoms with Crippen LogP contribution in [0.2, 0.25) is 0 Å². The number of hydrogen-bond acceptors (Lipinski definition) is 4. The normalized spacial score (nSPS) is 10.7. The number of thiophene rings is 1. The largest absolute Gasteiger partial charge is 0.506 e. The lowest BCUT2D eigenvalue weighted by atomic mass is 10.00. The fourth-order valence-corrected chi connectivity index (χ4v) is 3.86. The van der Waals surface area contributed by atoms with Gasteiger partial charge < -0.3 is 10.1 Å². The van der Waals surface area contributed by atoms with Gasteiger partial charge in [0.05, 0.1) is 22.6 Å². The summed E-state index contributed by atoms with van der Waals surface area (Å²) < 4.78 is 0. The summed E-state index contributed by atoms with van der Waals surface area (Å²) in [5, 5.41) is 22.3. The summed E-state index contributed by atoms with van der Waals surface area (Å²) in [6, 6.07) is 18.4. The number of nitrogens with one attached hydrogen (secondary N) is 1. The lowest BCUT2D eigenvalue weighted by Gasteiger charge is -2.07. The average molecular weight is 344 g/mol. The number of aromatic nitrogens is 1. The van der Waals surface area contributed by atoms with Gasteiger partial charge in [-0.1, -0.05) is 42.5 Å². The summed E-state index contributed by atoms with van der Waals surface area (Å²) in [4.78, 5) is 16.0. The SMILES string of the molecule is N#Cc1ccc(-c2c(O)c3c(-c4ccccc4)csc3[nH]c2=O)cc1. The number of benzene rings is 2. The molecule has 0 radical (unpaired) electrons. The van der Waals surface area contributed by atoms with Crippen molar-refractivity contribution in [3.8, 4) is 34.1 Å². The van der Waals surface area contributed by atoms with Gasteiger partial charge in [0.15, 0.2) is 0 Å². The Morgan fingerprint density at radius 3 is 2.40 bits per heavy atom. The first kappa shape index (κ1) is 15.2. The molecule has 0 aliphatic carbocycles. The maximum Gasteiger partial charge on any atom is 0.260 e. The molecule has 0 amide bonds. The first-order chi connectivity index (χ1) is 12.2. The van der Waals surface area contributed by atoms with Gasteiger partial charge in [0.1, 0.15) is 10.6 Å². The number of pyridine rings is 1. The van der Waals surface area contributed by atoms with Crippen molar-refractivity contribution in [2.24, 2.45) is 0 Å². The minimum atomic E-state index is -0.351. The summed E-state index contributed by atoms with van der Waals surface area (Å²) >= 11 is 1.39. The molecule has 0 bridgehead atoms. The van der Waals surface area contributed by atoms with E-state index in [0.717, 1.165) is 11.1 Å².